The summed E-state index contributed by atoms with van der Waals surface area (Å²) in [5.41, 5.74) is 2.51. The van der Waals surface area contributed by atoms with Crippen LogP contribution >= 0.6 is 22.9 Å². The van der Waals surface area contributed by atoms with Gasteiger partial charge in [0.05, 0.1) is 29.4 Å². The van der Waals surface area contributed by atoms with Gasteiger partial charge in [0, 0.05) is 4.88 Å². The van der Waals surface area contributed by atoms with Crippen LogP contribution in [0.15, 0.2) is 41.8 Å². The van der Waals surface area contributed by atoms with Gasteiger partial charge in [0.2, 0.25) is 0 Å². The number of hydrogen-bond acceptors (Lipinski definition) is 5. The third-order valence-corrected chi connectivity index (χ3v) is 5.19. The zero-order valence-electron chi connectivity index (χ0n) is 14.4. The lowest BCUT2D eigenvalue weighted by molar-refractivity contribution is 0.0525. The molecule has 0 saturated carbocycles. The normalized spacial score (nSPS) is 10.7. The summed E-state index contributed by atoms with van der Waals surface area (Å²) >= 11 is 8.01. The third kappa shape index (κ3) is 3.32. The Bertz CT molecular complexity index is 862. The molecular formula is C20H17ClO4S. The molecule has 2 aliphatic rings. The van der Waals surface area contributed by atoms with Crippen LogP contribution in [-0.4, -0.2) is 25.2 Å². The van der Waals surface area contributed by atoms with Crippen LogP contribution < -0.4 is 0 Å². The highest BCUT2D eigenvalue weighted by Crippen LogP contribution is 2.41. The Balaban J connectivity index is 2.24. The van der Waals surface area contributed by atoms with Crippen molar-refractivity contribution in [3.8, 4) is 21.6 Å². The number of halogens is 1. The van der Waals surface area contributed by atoms with Crippen molar-refractivity contribution in [3.05, 3.63) is 57.9 Å². The maximum atomic E-state index is 12.4. The molecule has 0 amide bonds. The molecule has 0 bridgehead atoms. The van der Waals surface area contributed by atoms with E-state index < -0.39 is 11.9 Å². The minimum atomic E-state index is -0.554. The third-order valence-electron chi connectivity index (χ3n) is 3.89. The fourth-order valence-electron chi connectivity index (χ4n) is 2.79. The summed E-state index contributed by atoms with van der Waals surface area (Å²) in [6.07, 6.45) is 0. The number of thiophene rings is 1. The van der Waals surface area contributed by atoms with E-state index in [9.17, 15) is 9.59 Å². The van der Waals surface area contributed by atoms with E-state index in [1.807, 2.05) is 29.6 Å². The molecule has 0 unspecified atom stereocenters. The molecule has 0 radical (unpaired) electrons. The fraction of sp³-hybridized carbons (Fsp3) is 0.200. The first-order valence-electron chi connectivity index (χ1n) is 8.21. The van der Waals surface area contributed by atoms with Crippen molar-refractivity contribution in [1.29, 1.82) is 0 Å². The molecule has 1 aromatic heterocycles. The Morgan fingerprint density at radius 1 is 0.923 bits per heavy atom. The molecule has 3 rings (SSSR count). The first-order valence-corrected chi connectivity index (χ1v) is 9.47. The topological polar surface area (TPSA) is 52.6 Å². The largest absolute Gasteiger partial charge is 0.462 e. The van der Waals surface area contributed by atoms with Crippen LogP contribution in [0.25, 0.3) is 21.6 Å². The van der Waals surface area contributed by atoms with Gasteiger partial charge in [-0.15, -0.1) is 11.3 Å². The van der Waals surface area contributed by atoms with E-state index >= 15 is 0 Å². The highest BCUT2D eigenvalue weighted by atomic mass is 35.5. The van der Waals surface area contributed by atoms with Gasteiger partial charge in [-0.05, 0) is 42.0 Å². The van der Waals surface area contributed by atoms with E-state index in [0.29, 0.717) is 11.1 Å². The van der Waals surface area contributed by atoms with E-state index in [2.05, 4.69) is 0 Å². The molecule has 4 nitrogen and oxygen atoms in total. The smallest absolute Gasteiger partial charge is 0.340 e. The molecule has 1 heterocycles. The zero-order valence-corrected chi connectivity index (χ0v) is 15.9. The summed E-state index contributed by atoms with van der Waals surface area (Å²) in [7, 11) is 0. The fourth-order valence-corrected chi connectivity index (χ4v) is 3.88. The van der Waals surface area contributed by atoms with Gasteiger partial charge in [-0.2, -0.15) is 0 Å². The first-order chi connectivity index (χ1) is 12.6. The Morgan fingerprint density at radius 3 is 1.88 bits per heavy atom. The predicted octanol–water partition coefficient (Wildman–Crippen LogP) is 5.53. The maximum Gasteiger partial charge on any atom is 0.340 e. The van der Waals surface area contributed by atoms with Crippen molar-refractivity contribution in [2.45, 2.75) is 13.8 Å². The van der Waals surface area contributed by atoms with Crippen LogP contribution in [0.4, 0.5) is 0 Å². The summed E-state index contributed by atoms with van der Waals surface area (Å²) in [6, 6.07) is 11.4. The molecule has 0 aromatic carbocycles. The molecule has 134 valence electrons. The lowest BCUT2D eigenvalue weighted by Gasteiger charge is -2.02. The van der Waals surface area contributed by atoms with Crippen LogP contribution in [0.5, 0.6) is 0 Å². The van der Waals surface area contributed by atoms with E-state index in [1.165, 1.54) is 0 Å². The van der Waals surface area contributed by atoms with E-state index in [1.54, 1.807) is 37.3 Å². The Morgan fingerprint density at radius 2 is 1.46 bits per heavy atom. The average molecular weight is 389 g/mol. The van der Waals surface area contributed by atoms with Crippen molar-refractivity contribution >= 4 is 34.9 Å². The highest BCUT2D eigenvalue weighted by Gasteiger charge is 2.31. The molecule has 0 N–H and O–H groups in total. The molecule has 26 heavy (non-hydrogen) atoms. The first kappa shape index (κ1) is 18.4. The maximum absolute atomic E-state index is 12.4. The van der Waals surface area contributed by atoms with Gasteiger partial charge in [-0.1, -0.05) is 41.9 Å². The summed E-state index contributed by atoms with van der Waals surface area (Å²) in [5.74, 6) is -1.11. The van der Waals surface area contributed by atoms with Crippen molar-refractivity contribution < 1.29 is 19.1 Å². The molecule has 1 aromatic rings. The molecule has 0 fully saturated rings. The van der Waals surface area contributed by atoms with Gasteiger partial charge >= 0.3 is 11.9 Å². The summed E-state index contributed by atoms with van der Waals surface area (Å²) < 4.78 is 10.3. The molecule has 6 heteroatoms. The van der Waals surface area contributed by atoms with Crippen LogP contribution in [0.3, 0.4) is 0 Å². The second-order valence-electron chi connectivity index (χ2n) is 5.43. The number of ether oxygens (including phenoxy) is 2. The number of carbonyl (C=O) groups excluding carboxylic acids is 2. The SMILES string of the molecule is CCOC(=O)c1c2ccc(-c3cccs3)ccc-2c(C(=O)OCC)c1Cl. The van der Waals surface area contributed by atoms with E-state index in [0.717, 1.165) is 10.4 Å². The average Bonchev–Trinajstić information content (AvgIpc) is 3.17. The molecular weight excluding hydrogens is 372 g/mol. The lowest BCUT2D eigenvalue weighted by Crippen LogP contribution is -2.06. The van der Waals surface area contributed by atoms with Crippen molar-refractivity contribution in [2.75, 3.05) is 13.2 Å². The molecule has 0 atom stereocenters. The summed E-state index contributed by atoms with van der Waals surface area (Å²) in [6.45, 7) is 3.88. The Labute approximate surface area is 160 Å². The highest BCUT2D eigenvalue weighted by molar-refractivity contribution is 7.13. The number of carbonyl (C=O) groups is 2. The van der Waals surface area contributed by atoms with Crippen molar-refractivity contribution in [3.63, 3.8) is 0 Å². The van der Waals surface area contributed by atoms with Gasteiger partial charge in [0.15, 0.2) is 0 Å². The summed E-state index contributed by atoms with van der Waals surface area (Å²) in [4.78, 5) is 26.0. The minimum Gasteiger partial charge on any atom is -0.462 e. The van der Waals surface area contributed by atoms with Gasteiger partial charge in [0.25, 0.3) is 0 Å². The lowest BCUT2D eigenvalue weighted by atomic mass is 10.1. The quantitative estimate of drug-likeness (QED) is 0.539. The predicted molar refractivity (Wildman–Crippen MR) is 103 cm³/mol. The van der Waals surface area contributed by atoms with Gasteiger partial charge in [-0.25, -0.2) is 9.59 Å². The Kier molecular flexibility index (Phi) is 5.59. The van der Waals surface area contributed by atoms with Crippen molar-refractivity contribution in [1.82, 2.24) is 0 Å². The minimum absolute atomic E-state index is 0.0702. The van der Waals surface area contributed by atoms with Gasteiger partial charge < -0.3 is 9.47 Å². The van der Waals surface area contributed by atoms with Gasteiger partial charge in [0.1, 0.15) is 0 Å². The molecule has 2 aliphatic carbocycles. The standard InChI is InChI=1S/C20H17ClO4S/c1-3-24-19(22)16-13-9-7-12(15-6-5-11-26-15)8-10-14(13)17(18(16)21)20(23)25-4-2/h5-11H,3-4H2,1-2H3. The monoisotopic (exact) mass is 388 g/mol. The number of fused-ring (bicyclic) bond motifs is 1. The number of rotatable bonds is 5. The van der Waals surface area contributed by atoms with Crippen LogP contribution in [0.1, 0.15) is 34.6 Å². The molecule has 0 spiro atoms. The Hall–Kier alpha value is -2.37. The second kappa shape index (κ2) is 7.89. The molecule has 0 saturated heterocycles. The van der Waals surface area contributed by atoms with Gasteiger partial charge in [-0.3, -0.25) is 0 Å². The summed E-state index contributed by atoms with van der Waals surface area (Å²) in [5, 5.41) is 2.06. The zero-order chi connectivity index (χ0) is 18.7. The van der Waals surface area contributed by atoms with E-state index in [4.69, 9.17) is 21.1 Å². The van der Waals surface area contributed by atoms with Crippen LogP contribution in [0, 0.1) is 0 Å². The second-order valence-corrected chi connectivity index (χ2v) is 6.76. The van der Waals surface area contributed by atoms with E-state index in [-0.39, 0.29) is 29.4 Å². The van der Waals surface area contributed by atoms with Crippen molar-refractivity contribution in [2.24, 2.45) is 0 Å². The number of hydrogen-bond donors (Lipinski definition) is 0. The molecule has 0 aliphatic heterocycles. The van der Waals surface area contributed by atoms with Crippen LogP contribution in [-0.2, 0) is 9.47 Å². The number of esters is 2. The van der Waals surface area contributed by atoms with Crippen LogP contribution in [0.2, 0.25) is 5.02 Å².